The third-order valence-electron chi connectivity index (χ3n) is 0.500. The molecule has 0 aromatic carbocycles. The maximum absolute atomic E-state index is 8.60. The average Bonchev–Trinajstić information content (AvgIpc) is 1.61. The van der Waals surface area contributed by atoms with E-state index in [1.54, 1.807) is 0 Å². The molecule has 0 heterocycles. The largest absolute Gasteiger partial charge is 0.344 e. The van der Waals surface area contributed by atoms with Crippen LogP contribution in [-0.4, -0.2) is 4.66 Å². The van der Waals surface area contributed by atoms with Crippen LogP contribution in [0.4, 0.5) is 0 Å². The fraction of sp³-hybridized carbons (Fsp3) is 1.00. The Morgan fingerprint density at radius 3 is 1.20 bits per heavy atom. The first-order valence-corrected chi connectivity index (χ1v) is 3.81. The van der Waals surface area contributed by atoms with E-state index in [-0.39, 0.29) is 6.15 Å². The molecule has 0 rings (SSSR count). The number of halogens is 1. The molecule has 0 spiro atoms. The second kappa shape index (κ2) is 9.09. The lowest BCUT2D eigenvalue weighted by atomic mass is 10.4. The van der Waals surface area contributed by atoms with Crippen molar-refractivity contribution in [3.05, 3.63) is 0 Å². The van der Waals surface area contributed by atoms with Gasteiger partial charge in [0.2, 0.25) is 0 Å². The van der Waals surface area contributed by atoms with Crippen molar-refractivity contribution in [2.75, 3.05) is 0 Å². The molecule has 4 N–H and O–H groups in total. The van der Waals surface area contributed by atoms with Gasteiger partial charge in [-0.1, -0.05) is 26.7 Å². The van der Waals surface area contributed by atoms with Gasteiger partial charge in [-0.2, -0.15) is 14.0 Å². The van der Waals surface area contributed by atoms with Gasteiger partial charge >= 0.3 is 0 Å². The van der Waals surface area contributed by atoms with E-state index in [9.17, 15) is 0 Å². The molecule has 0 aliphatic heterocycles. The lowest BCUT2D eigenvalue weighted by Crippen LogP contribution is -2.58. The Kier molecular flexibility index (Phi) is 15.1. The third kappa shape index (κ3) is 342. The molecule has 0 saturated heterocycles. The van der Waals surface area contributed by atoms with Crippen molar-refractivity contribution in [1.29, 1.82) is 0 Å². The van der Waals surface area contributed by atoms with Crippen LogP contribution in [0.1, 0.15) is 26.7 Å². The van der Waals surface area contributed by atoms with Crippen molar-refractivity contribution >= 4 is 0 Å². The summed E-state index contributed by atoms with van der Waals surface area (Å²) in [7, 11) is -4.69. The number of rotatable bonds is 1. The van der Waals surface area contributed by atoms with Crippen molar-refractivity contribution in [1.82, 2.24) is 6.15 Å². The molecule has 0 saturated carbocycles. The quantitative estimate of drug-likeness (QED) is 0.470. The Morgan fingerprint density at radius 1 is 1.10 bits per heavy atom. The predicted molar refractivity (Wildman–Crippen MR) is 27.8 cm³/mol. The summed E-state index contributed by atoms with van der Waals surface area (Å²) in [5.41, 5.74) is 0. The highest BCUT2D eigenvalue weighted by molar-refractivity contribution is 4.12. The molecule has 6 heteroatoms. The van der Waals surface area contributed by atoms with Crippen LogP contribution in [0, 0.1) is 10.2 Å². The van der Waals surface area contributed by atoms with Gasteiger partial charge in [0.25, 0.3) is 0 Å². The van der Waals surface area contributed by atoms with Crippen molar-refractivity contribution in [2.24, 2.45) is 0 Å². The van der Waals surface area contributed by atoms with E-state index >= 15 is 0 Å². The van der Waals surface area contributed by atoms with Gasteiger partial charge in [0, 0.05) is 0 Å². The molecular weight excluding hydrogens is 162 g/mol. The maximum Gasteiger partial charge on any atom is 0.0777 e. The van der Waals surface area contributed by atoms with Gasteiger partial charge in [0.1, 0.15) is 0 Å². The van der Waals surface area contributed by atoms with Gasteiger partial charge < -0.3 is 6.15 Å². The molecule has 66 valence electrons. The third-order valence-corrected chi connectivity index (χ3v) is 0.500. The Morgan fingerprint density at radius 2 is 1.20 bits per heavy atom. The highest BCUT2D eigenvalue weighted by atomic mass is 35.7. The Hall–Kier alpha value is 0.0900. The van der Waals surface area contributed by atoms with E-state index in [1.807, 2.05) is 0 Å². The van der Waals surface area contributed by atoms with Gasteiger partial charge in [-0.15, -0.1) is 0 Å². The van der Waals surface area contributed by atoms with Gasteiger partial charge in [0.15, 0.2) is 0 Å². The van der Waals surface area contributed by atoms with E-state index < -0.39 is 10.2 Å². The van der Waals surface area contributed by atoms with Crippen molar-refractivity contribution in [3.8, 4) is 0 Å². The van der Waals surface area contributed by atoms with E-state index in [0.29, 0.717) is 0 Å². The molecular formula is C4H14ClNO4. The Bertz CT molecular complexity index is 47.7. The molecule has 0 aromatic heterocycles. The molecule has 0 aliphatic rings. The predicted octanol–water partition coefficient (Wildman–Crippen LogP) is -2.16. The molecule has 0 amide bonds. The zero-order valence-electron chi connectivity index (χ0n) is 6.17. The Balaban J connectivity index is -0.0000000910. The standard InChI is InChI=1S/C4H10.ClHO4.H3N/c1-3-4-2;2-1(3,4)5;/h3-4H2,1-2H3;(H,2,3,4,5);1H3. The molecule has 0 aliphatic carbocycles. The van der Waals surface area contributed by atoms with E-state index in [4.69, 9.17) is 18.6 Å². The van der Waals surface area contributed by atoms with Crippen LogP contribution >= 0.6 is 0 Å². The minimum Gasteiger partial charge on any atom is -0.344 e. The summed E-state index contributed by atoms with van der Waals surface area (Å²) < 4.78 is 32.7. The topological polar surface area (TPSA) is 124 Å². The Labute approximate surface area is 62.6 Å². The first kappa shape index (κ1) is 16.6. The number of unbranched alkanes of at least 4 members (excludes halogenated alkanes) is 1. The molecule has 0 bridgehead atoms. The van der Waals surface area contributed by atoms with E-state index in [1.165, 1.54) is 12.8 Å². The second-order valence-electron chi connectivity index (χ2n) is 1.40. The van der Waals surface area contributed by atoms with Crippen LogP contribution in [0.25, 0.3) is 0 Å². The highest BCUT2D eigenvalue weighted by Crippen LogP contribution is 1.76. The summed E-state index contributed by atoms with van der Waals surface area (Å²) in [6.07, 6.45) is 2.64. The van der Waals surface area contributed by atoms with Crippen molar-refractivity contribution in [2.45, 2.75) is 26.7 Å². The van der Waals surface area contributed by atoms with Gasteiger partial charge in [0.05, 0.1) is 14.9 Å². The average molecular weight is 176 g/mol. The van der Waals surface area contributed by atoms with Crippen LogP contribution in [0.2, 0.25) is 0 Å². The zero-order valence-corrected chi connectivity index (χ0v) is 6.93. The van der Waals surface area contributed by atoms with Gasteiger partial charge in [-0.3, -0.25) is 0 Å². The molecule has 5 nitrogen and oxygen atoms in total. The molecule has 0 fully saturated rings. The molecule has 10 heavy (non-hydrogen) atoms. The summed E-state index contributed by atoms with van der Waals surface area (Å²) in [5.74, 6) is 0. The van der Waals surface area contributed by atoms with E-state index in [2.05, 4.69) is 13.8 Å². The van der Waals surface area contributed by atoms with Crippen LogP contribution in [0.3, 0.4) is 0 Å². The lowest BCUT2D eigenvalue weighted by Gasteiger charge is -2.03. The molecule has 0 aromatic rings. The maximum atomic E-state index is 8.60. The smallest absolute Gasteiger partial charge is 0.0777 e. The summed E-state index contributed by atoms with van der Waals surface area (Å²) in [4.78, 5) is 0. The summed E-state index contributed by atoms with van der Waals surface area (Å²) in [6, 6.07) is 0. The van der Waals surface area contributed by atoms with Crippen LogP contribution in [0.5, 0.6) is 0 Å². The highest BCUT2D eigenvalue weighted by Gasteiger charge is 1.98. The normalized spacial score (nSPS) is 9.00. The van der Waals surface area contributed by atoms with Crippen molar-refractivity contribution < 1.29 is 28.9 Å². The number of hydrogen-bond acceptors (Lipinski definition) is 5. The fourth-order valence-electron chi connectivity index (χ4n) is 0. The minimum absolute atomic E-state index is 0. The summed E-state index contributed by atoms with van der Waals surface area (Å²) in [5, 5.41) is 0. The SMILES string of the molecule is CCCC.N.[O-][Cl+3]([O-])([O-])O. The second-order valence-corrected chi connectivity index (χ2v) is 2.19. The first-order valence-electron chi connectivity index (χ1n) is 2.55. The zero-order chi connectivity index (χ0) is 7.91. The number of hydrogen-bond donors (Lipinski definition) is 2. The van der Waals surface area contributed by atoms with Crippen LogP contribution in [0.15, 0.2) is 0 Å². The minimum atomic E-state index is -4.69. The van der Waals surface area contributed by atoms with Crippen molar-refractivity contribution in [3.63, 3.8) is 0 Å². The van der Waals surface area contributed by atoms with Gasteiger partial charge in [-0.25, -0.2) is 0 Å². The van der Waals surface area contributed by atoms with E-state index in [0.717, 1.165) is 0 Å². The monoisotopic (exact) mass is 175 g/mol. The molecule has 0 atom stereocenters. The summed E-state index contributed by atoms with van der Waals surface area (Å²) in [6.45, 7) is 4.36. The molecule has 0 unspecified atom stereocenters. The van der Waals surface area contributed by atoms with Crippen LogP contribution in [-0.2, 0) is 0 Å². The fourth-order valence-corrected chi connectivity index (χ4v) is 0. The van der Waals surface area contributed by atoms with Crippen LogP contribution < -0.4 is 20.1 Å². The molecule has 0 radical (unpaired) electrons. The van der Waals surface area contributed by atoms with Gasteiger partial charge in [-0.05, 0) is 0 Å². The summed E-state index contributed by atoms with van der Waals surface area (Å²) >= 11 is 0. The first-order chi connectivity index (χ1) is 3.91. The lowest BCUT2D eigenvalue weighted by molar-refractivity contribution is -1.92.